The van der Waals surface area contributed by atoms with Crippen molar-refractivity contribution in [2.75, 3.05) is 0 Å². The SMILES string of the molecule is [I-].c1ccc(Cc2cccc[nH+]2)cc1. The fraction of sp³-hybridized carbons (Fsp3) is 0.0833. The first kappa shape index (κ1) is 11.2. The van der Waals surface area contributed by atoms with Gasteiger partial charge in [-0.1, -0.05) is 36.4 Å². The van der Waals surface area contributed by atoms with Crippen molar-refractivity contribution in [3.8, 4) is 0 Å². The molecule has 0 saturated heterocycles. The van der Waals surface area contributed by atoms with E-state index in [1.165, 1.54) is 11.3 Å². The molecule has 2 rings (SSSR count). The number of pyridine rings is 1. The maximum absolute atomic E-state index is 3.22. The molecule has 0 unspecified atom stereocenters. The summed E-state index contributed by atoms with van der Waals surface area (Å²) in [7, 11) is 0. The molecule has 0 spiro atoms. The van der Waals surface area contributed by atoms with E-state index >= 15 is 0 Å². The molecule has 1 nitrogen and oxygen atoms in total. The lowest BCUT2D eigenvalue weighted by Gasteiger charge is -1.94. The summed E-state index contributed by atoms with van der Waals surface area (Å²) in [6.07, 6.45) is 2.93. The quantitative estimate of drug-likeness (QED) is 0.638. The molecule has 14 heavy (non-hydrogen) atoms. The maximum Gasteiger partial charge on any atom is 0.183 e. The lowest BCUT2D eigenvalue weighted by molar-refractivity contribution is -0.389. The van der Waals surface area contributed by atoms with Gasteiger partial charge in [-0.05, 0) is 5.56 Å². The number of aromatic amines is 1. The third kappa shape index (κ3) is 3.10. The van der Waals surface area contributed by atoms with Gasteiger partial charge >= 0.3 is 0 Å². The molecule has 0 aliphatic carbocycles. The van der Waals surface area contributed by atoms with Gasteiger partial charge in [0.2, 0.25) is 0 Å². The molecule has 1 N–H and O–H groups in total. The maximum atomic E-state index is 3.22. The van der Waals surface area contributed by atoms with E-state index in [0.29, 0.717) is 0 Å². The van der Waals surface area contributed by atoms with Crippen molar-refractivity contribution < 1.29 is 29.0 Å². The van der Waals surface area contributed by atoms with Gasteiger partial charge < -0.3 is 24.0 Å². The van der Waals surface area contributed by atoms with Crippen LogP contribution in [0.5, 0.6) is 0 Å². The standard InChI is InChI=1S/C12H11N.HI/c1-2-6-11(7-3-1)10-12-8-4-5-9-13-12;/h1-9H,10H2;1H. The van der Waals surface area contributed by atoms with E-state index < -0.39 is 0 Å². The van der Waals surface area contributed by atoms with E-state index in [9.17, 15) is 0 Å². The highest BCUT2D eigenvalue weighted by Gasteiger charge is 1.99. The van der Waals surface area contributed by atoms with Gasteiger partial charge in [0.1, 0.15) is 0 Å². The highest BCUT2D eigenvalue weighted by atomic mass is 127. The monoisotopic (exact) mass is 297 g/mol. The number of rotatable bonds is 2. The third-order valence-electron chi connectivity index (χ3n) is 2.01. The Bertz CT molecular complexity index is 321. The van der Waals surface area contributed by atoms with E-state index in [4.69, 9.17) is 0 Å². The van der Waals surface area contributed by atoms with Crippen molar-refractivity contribution in [3.05, 3.63) is 66.0 Å². The van der Waals surface area contributed by atoms with Gasteiger partial charge in [-0.2, -0.15) is 0 Å². The lowest BCUT2D eigenvalue weighted by Crippen LogP contribution is -3.00. The Morgan fingerprint density at radius 3 is 2.21 bits per heavy atom. The van der Waals surface area contributed by atoms with Gasteiger partial charge in [0, 0.05) is 12.1 Å². The van der Waals surface area contributed by atoms with Crippen molar-refractivity contribution in [1.82, 2.24) is 0 Å². The molecule has 72 valence electrons. The summed E-state index contributed by atoms with van der Waals surface area (Å²) in [5.41, 5.74) is 2.58. The second kappa shape index (κ2) is 5.75. The molecule has 1 aromatic carbocycles. The summed E-state index contributed by atoms with van der Waals surface area (Å²) in [5, 5.41) is 0. The minimum atomic E-state index is 0. The molecule has 1 aromatic heterocycles. The smallest absolute Gasteiger partial charge is 0.183 e. The van der Waals surface area contributed by atoms with Crippen molar-refractivity contribution in [2.24, 2.45) is 0 Å². The largest absolute Gasteiger partial charge is 1.00 e. The van der Waals surface area contributed by atoms with E-state index in [1.54, 1.807) is 0 Å². The van der Waals surface area contributed by atoms with Crippen LogP contribution in [0.15, 0.2) is 54.7 Å². The van der Waals surface area contributed by atoms with Crippen LogP contribution in [0.4, 0.5) is 0 Å². The fourth-order valence-electron chi connectivity index (χ4n) is 1.36. The highest BCUT2D eigenvalue weighted by Crippen LogP contribution is 2.03. The molecular weight excluding hydrogens is 285 g/mol. The van der Waals surface area contributed by atoms with Gasteiger partial charge in [-0.15, -0.1) is 0 Å². The average Bonchev–Trinajstić information content (AvgIpc) is 2.21. The molecule has 1 heterocycles. The summed E-state index contributed by atoms with van der Waals surface area (Å²) >= 11 is 0. The van der Waals surface area contributed by atoms with Gasteiger partial charge in [-0.3, -0.25) is 0 Å². The average molecular weight is 297 g/mol. The second-order valence-corrected chi connectivity index (χ2v) is 3.05. The molecule has 0 aliphatic heterocycles. The normalized spacial score (nSPS) is 9.14. The van der Waals surface area contributed by atoms with Gasteiger partial charge in [0.05, 0.1) is 6.42 Å². The topological polar surface area (TPSA) is 14.1 Å². The Balaban J connectivity index is 0.000000980. The zero-order chi connectivity index (χ0) is 8.93. The van der Waals surface area contributed by atoms with Gasteiger partial charge in [-0.25, -0.2) is 4.98 Å². The van der Waals surface area contributed by atoms with Crippen molar-refractivity contribution in [3.63, 3.8) is 0 Å². The minimum Gasteiger partial charge on any atom is -1.00 e. The molecular formula is C12H12IN. The molecule has 2 aromatic rings. The van der Waals surface area contributed by atoms with E-state index in [2.05, 4.69) is 41.4 Å². The first-order chi connectivity index (χ1) is 6.45. The Labute approximate surface area is 101 Å². The van der Waals surface area contributed by atoms with E-state index in [-0.39, 0.29) is 24.0 Å². The number of hydrogen-bond acceptors (Lipinski definition) is 0. The number of halogens is 1. The number of nitrogens with one attached hydrogen (secondary N) is 1. The van der Waals surface area contributed by atoms with Crippen molar-refractivity contribution in [2.45, 2.75) is 6.42 Å². The van der Waals surface area contributed by atoms with Crippen LogP contribution in [-0.2, 0) is 6.42 Å². The second-order valence-electron chi connectivity index (χ2n) is 3.05. The number of benzene rings is 1. The van der Waals surface area contributed by atoms with E-state index in [1.807, 2.05) is 18.3 Å². The lowest BCUT2D eigenvalue weighted by atomic mass is 10.1. The molecule has 0 fully saturated rings. The number of hydrogen-bond donors (Lipinski definition) is 0. The molecule has 0 radical (unpaired) electrons. The van der Waals surface area contributed by atoms with Gasteiger partial charge in [0.25, 0.3) is 0 Å². The van der Waals surface area contributed by atoms with Crippen LogP contribution in [0.3, 0.4) is 0 Å². The zero-order valence-corrected chi connectivity index (χ0v) is 9.94. The molecule has 0 aliphatic rings. The van der Waals surface area contributed by atoms with Crippen LogP contribution in [0.1, 0.15) is 11.3 Å². The fourth-order valence-corrected chi connectivity index (χ4v) is 1.36. The number of aromatic nitrogens is 1. The summed E-state index contributed by atoms with van der Waals surface area (Å²) in [6, 6.07) is 16.6. The van der Waals surface area contributed by atoms with Crippen LogP contribution in [-0.4, -0.2) is 0 Å². The Kier molecular flexibility index (Phi) is 4.59. The van der Waals surface area contributed by atoms with Crippen molar-refractivity contribution in [1.29, 1.82) is 0 Å². The first-order valence-corrected chi connectivity index (χ1v) is 4.45. The Morgan fingerprint density at radius 1 is 0.857 bits per heavy atom. The number of H-pyrrole nitrogens is 1. The minimum absolute atomic E-state index is 0. The van der Waals surface area contributed by atoms with Crippen molar-refractivity contribution >= 4 is 0 Å². The third-order valence-corrected chi connectivity index (χ3v) is 2.01. The van der Waals surface area contributed by atoms with Crippen LogP contribution < -0.4 is 29.0 Å². The predicted octanol–water partition coefficient (Wildman–Crippen LogP) is -0.904. The highest BCUT2D eigenvalue weighted by molar-refractivity contribution is 5.19. The molecule has 0 bridgehead atoms. The Morgan fingerprint density at radius 2 is 1.57 bits per heavy atom. The summed E-state index contributed by atoms with van der Waals surface area (Å²) < 4.78 is 0. The summed E-state index contributed by atoms with van der Waals surface area (Å²) in [6.45, 7) is 0. The van der Waals surface area contributed by atoms with Crippen LogP contribution >= 0.6 is 0 Å². The van der Waals surface area contributed by atoms with E-state index in [0.717, 1.165) is 6.42 Å². The first-order valence-electron chi connectivity index (χ1n) is 4.45. The van der Waals surface area contributed by atoms with Crippen LogP contribution in [0.2, 0.25) is 0 Å². The predicted molar refractivity (Wildman–Crippen MR) is 52.2 cm³/mol. The molecule has 0 amide bonds. The van der Waals surface area contributed by atoms with Crippen LogP contribution in [0.25, 0.3) is 0 Å². The molecule has 0 saturated carbocycles. The summed E-state index contributed by atoms with van der Waals surface area (Å²) in [5.74, 6) is 0. The summed E-state index contributed by atoms with van der Waals surface area (Å²) in [4.78, 5) is 3.22. The molecule has 0 atom stereocenters. The zero-order valence-electron chi connectivity index (χ0n) is 7.78. The van der Waals surface area contributed by atoms with Gasteiger partial charge in [0.15, 0.2) is 11.9 Å². The van der Waals surface area contributed by atoms with Crippen LogP contribution in [0, 0.1) is 0 Å². The Hall–Kier alpha value is -0.900. The molecule has 2 heteroatoms.